The Labute approximate surface area is 147 Å². The molecule has 0 bridgehead atoms. The number of amides is 1. The van der Waals surface area contributed by atoms with Crippen LogP contribution in [0.2, 0.25) is 0 Å². The summed E-state index contributed by atoms with van der Waals surface area (Å²) >= 11 is 0. The summed E-state index contributed by atoms with van der Waals surface area (Å²) in [5.41, 5.74) is 1.72. The van der Waals surface area contributed by atoms with Crippen molar-refractivity contribution >= 4 is 27.6 Å². The zero-order valence-corrected chi connectivity index (χ0v) is 15.2. The van der Waals surface area contributed by atoms with Crippen molar-refractivity contribution in [2.24, 2.45) is 0 Å². The van der Waals surface area contributed by atoms with Crippen LogP contribution in [0.3, 0.4) is 0 Å². The molecule has 0 aromatic heterocycles. The highest BCUT2D eigenvalue weighted by Gasteiger charge is 2.33. The molecule has 1 amide bonds. The molecule has 2 aliphatic heterocycles. The molecular formula is C17H22N2O5S. The lowest BCUT2D eigenvalue weighted by Crippen LogP contribution is -2.34. The van der Waals surface area contributed by atoms with Gasteiger partial charge >= 0.3 is 5.97 Å². The second-order valence-electron chi connectivity index (χ2n) is 6.62. The summed E-state index contributed by atoms with van der Waals surface area (Å²) < 4.78 is 30.3. The van der Waals surface area contributed by atoms with Gasteiger partial charge in [0.25, 0.3) is 5.91 Å². The number of nitrogens with zero attached hydrogens (tertiary/aromatic N) is 2. The zero-order valence-electron chi connectivity index (χ0n) is 14.4. The fourth-order valence-electron chi connectivity index (χ4n) is 3.50. The Morgan fingerprint density at radius 2 is 1.92 bits per heavy atom. The van der Waals surface area contributed by atoms with E-state index in [1.54, 1.807) is 17.0 Å². The van der Waals surface area contributed by atoms with Crippen molar-refractivity contribution in [3.63, 3.8) is 0 Å². The third-order valence-electron chi connectivity index (χ3n) is 4.61. The molecule has 1 aromatic carbocycles. The molecular weight excluding hydrogens is 344 g/mol. The number of esters is 1. The SMILES string of the molecule is C[C@H]1Cc2cc(C(=O)OCC(=O)N3CCCC3)ccc2N1S(C)(=O)=O. The number of likely N-dealkylation sites (tertiary alicyclic amines) is 1. The van der Waals surface area contributed by atoms with Crippen LogP contribution in [0.1, 0.15) is 35.7 Å². The van der Waals surface area contributed by atoms with Gasteiger partial charge in [0.05, 0.1) is 17.5 Å². The molecule has 25 heavy (non-hydrogen) atoms. The molecule has 0 aliphatic carbocycles. The molecule has 3 rings (SSSR count). The molecule has 136 valence electrons. The Morgan fingerprint density at radius 1 is 1.24 bits per heavy atom. The maximum absolute atomic E-state index is 12.2. The van der Waals surface area contributed by atoms with Gasteiger partial charge in [-0.15, -0.1) is 0 Å². The Kier molecular flexibility index (Phi) is 4.73. The molecule has 0 N–H and O–H groups in total. The molecule has 1 saturated heterocycles. The minimum atomic E-state index is -3.36. The third kappa shape index (κ3) is 3.63. The van der Waals surface area contributed by atoms with E-state index in [-0.39, 0.29) is 18.6 Å². The Bertz CT molecular complexity index is 799. The van der Waals surface area contributed by atoms with E-state index in [9.17, 15) is 18.0 Å². The maximum atomic E-state index is 12.2. The molecule has 8 heteroatoms. The van der Waals surface area contributed by atoms with Crippen LogP contribution in [0.5, 0.6) is 0 Å². The van der Waals surface area contributed by atoms with E-state index >= 15 is 0 Å². The summed E-state index contributed by atoms with van der Waals surface area (Å²) in [7, 11) is -3.36. The fourth-order valence-corrected chi connectivity index (χ4v) is 4.77. The van der Waals surface area contributed by atoms with Crippen molar-refractivity contribution in [1.29, 1.82) is 0 Å². The molecule has 1 aromatic rings. The van der Waals surface area contributed by atoms with Crippen LogP contribution >= 0.6 is 0 Å². The smallest absolute Gasteiger partial charge is 0.338 e. The van der Waals surface area contributed by atoms with Gasteiger partial charge in [0, 0.05) is 19.1 Å². The van der Waals surface area contributed by atoms with Gasteiger partial charge < -0.3 is 9.64 Å². The van der Waals surface area contributed by atoms with Crippen LogP contribution in [-0.2, 0) is 26.0 Å². The minimum Gasteiger partial charge on any atom is -0.452 e. The molecule has 2 aliphatic rings. The second-order valence-corrected chi connectivity index (χ2v) is 8.48. The van der Waals surface area contributed by atoms with Gasteiger partial charge in [-0.3, -0.25) is 9.10 Å². The highest BCUT2D eigenvalue weighted by atomic mass is 32.2. The molecule has 1 atom stereocenters. The predicted molar refractivity (Wildman–Crippen MR) is 93.0 cm³/mol. The van der Waals surface area contributed by atoms with Crippen molar-refractivity contribution in [3.05, 3.63) is 29.3 Å². The summed E-state index contributed by atoms with van der Waals surface area (Å²) in [5.74, 6) is -0.746. The first-order valence-corrected chi connectivity index (χ1v) is 10.2. The van der Waals surface area contributed by atoms with Crippen LogP contribution in [0.15, 0.2) is 18.2 Å². The summed E-state index contributed by atoms with van der Waals surface area (Å²) in [6, 6.07) is 4.63. The predicted octanol–water partition coefficient (Wildman–Crippen LogP) is 1.18. The van der Waals surface area contributed by atoms with Crippen molar-refractivity contribution in [3.8, 4) is 0 Å². The quantitative estimate of drug-likeness (QED) is 0.747. The summed E-state index contributed by atoms with van der Waals surface area (Å²) in [5, 5.41) is 0. The number of anilines is 1. The number of fused-ring (bicyclic) bond motifs is 1. The van der Waals surface area contributed by atoms with Gasteiger partial charge in [-0.25, -0.2) is 13.2 Å². The largest absolute Gasteiger partial charge is 0.452 e. The number of rotatable bonds is 4. The molecule has 0 spiro atoms. The minimum absolute atomic E-state index is 0.177. The summed E-state index contributed by atoms with van der Waals surface area (Å²) in [6.07, 6.45) is 3.68. The second kappa shape index (κ2) is 6.67. The lowest BCUT2D eigenvalue weighted by molar-refractivity contribution is -0.133. The average molecular weight is 366 g/mol. The molecule has 0 unspecified atom stereocenters. The third-order valence-corrected chi connectivity index (χ3v) is 5.88. The van der Waals surface area contributed by atoms with E-state index in [0.29, 0.717) is 30.8 Å². The van der Waals surface area contributed by atoms with Crippen LogP contribution in [-0.4, -0.2) is 57.2 Å². The molecule has 7 nitrogen and oxygen atoms in total. The highest BCUT2D eigenvalue weighted by molar-refractivity contribution is 7.92. The van der Waals surface area contributed by atoms with E-state index < -0.39 is 16.0 Å². The number of carbonyl (C=O) groups is 2. The average Bonchev–Trinajstić information content (AvgIpc) is 3.17. The van der Waals surface area contributed by atoms with Gasteiger partial charge in [0.2, 0.25) is 10.0 Å². The molecule has 2 heterocycles. The first kappa shape index (κ1) is 17.7. The lowest BCUT2D eigenvalue weighted by atomic mass is 10.1. The summed E-state index contributed by atoms with van der Waals surface area (Å²) in [4.78, 5) is 25.8. The van der Waals surface area contributed by atoms with E-state index in [4.69, 9.17) is 4.74 Å². The standard InChI is InChI=1S/C17H22N2O5S/c1-12-9-14-10-13(5-6-15(14)19(12)25(2,22)23)17(21)24-11-16(20)18-7-3-4-8-18/h5-6,10,12H,3-4,7-9,11H2,1-2H3/t12-/m0/s1. The molecule has 1 fully saturated rings. The summed E-state index contributed by atoms with van der Waals surface area (Å²) in [6.45, 7) is 3.00. The Hall–Kier alpha value is -2.09. The molecule has 0 saturated carbocycles. The van der Waals surface area contributed by atoms with Gasteiger partial charge in [0.1, 0.15) is 0 Å². The first-order chi connectivity index (χ1) is 11.8. The Balaban J connectivity index is 1.69. The van der Waals surface area contributed by atoms with E-state index in [0.717, 1.165) is 18.4 Å². The first-order valence-electron chi connectivity index (χ1n) is 8.34. The zero-order chi connectivity index (χ0) is 18.2. The van der Waals surface area contributed by atoms with Crippen molar-refractivity contribution in [1.82, 2.24) is 4.90 Å². The van der Waals surface area contributed by atoms with Crippen molar-refractivity contribution in [2.45, 2.75) is 32.2 Å². The monoisotopic (exact) mass is 366 g/mol. The number of benzene rings is 1. The van der Waals surface area contributed by atoms with Crippen LogP contribution in [0, 0.1) is 0 Å². The van der Waals surface area contributed by atoms with Crippen LogP contribution in [0.25, 0.3) is 0 Å². The Morgan fingerprint density at radius 3 is 2.56 bits per heavy atom. The topological polar surface area (TPSA) is 84.0 Å². The van der Waals surface area contributed by atoms with Crippen LogP contribution < -0.4 is 4.31 Å². The van der Waals surface area contributed by atoms with E-state index in [1.807, 2.05) is 6.92 Å². The molecule has 0 radical (unpaired) electrons. The van der Waals surface area contributed by atoms with Crippen molar-refractivity contribution < 1.29 is 22.7 Å². The number of sulfonamides is 1. The fraction of sp³-hybridized carbons (Fsp3) is 0.529. The van der Waals surface area contributed by atoms with Crippen molar-refractivity contribution in [2.75, 3.05) is 30.3 Å². The van der Waals surface area contributed by atoms with Gasteiger partial charge in [-0.1, -0.05) is 0 Å². The van der Waals surface area contributed by atoms with Crippen LogP contribution in [0.4, 0.5) is 5.69 Å². The normalized spacial score (nSPS) is 19.8. The van der Waals surface area contributed by atoms with Gasteiger partial charge in [0.15, 0.2) is 6.61 Å². The number of carbonyl (C=O) groups excluding carboxylic acids is 2. The number of ether oxygens (including phenoxy) is 1. The number of hydrogen-bond acceptors (Lipinski definition) is 5. The lowest BCUT2D eigenvalue weighted by Gasteiger charge is -2.21. The number of hydrogen-bond donors (Lipinski definition) is 0. The van der Waals surface area contributed by atoms with Gasteiger partial charge in [-0.05, 0) is 49.9 Å². The highest BCUT2D eigenvalue weighted by Crippen LogP contribution is 2.34. The van der Waals surface area contributed by atoms with E-state index in [2.05, 4.69) is 0 Å². The maximum Gasteiger partial charge on any atom is 0.338 e. The van der Waals surface area contributed by atoms with E-state index in [1.165, 1.54) is 16.6 Å². The van der Waals surface area contributed by atoms with Gasteiger partial charge in [-0.2, -0.15) is 0 Å².